The van der Waals surface area contributed by atoms with Gasteiger partial charge in [0.15, 0.2) is 0 Å². The number of hydrogen-bond donors (Lipinski definition) is 1. The fourth-order valence-electron chi connectivity index (χ4n) is 2.03. The van der Waals surface area contributed by atoms with Crippen LogP contribution in [0.25, 0.3) is 0 Å². The van der Waals surface area contributed by atoms with Crippen molar-refractivity contribution in [2.24, 2.45) is 0 Å². The molecular formula is C13H23NO4S. The van der Waals surface area contributed by atoms with Crippen molar-refractivity contribution in [1.82, 2.24) is 4.72 Å². The standard InChI is InChI=1S/C13H23NO4S/c1-10(2)5-8-18-13-9-17-7-6-12(13)14-19(15,16)11-3-4-11/h5,11-14H,3-4,6-9H2,1-2H3/t12-,13-/m1/s1. The topological polar surface area (TPSA) is 64.6 Å². The molecule has 0 bridgehead atoms. The highest BCUT2D eigenvalue weighted by Crippen LogP contribution is 2.28. The number of sulfonamides is 1. The summed E-state index contributed by atoms with van der Waals surface area (Å²) in [6.07, 6.45) is 4.02. The molecular weight excluding hydrogens is 266 g/mol. The van der Waals surface area contributed by atoms with Gasteiger partial charge in [0.2, 0.25) is 10.0 Å². The minimum absolute atomic E-state index is 0.162. The second kappa shape index (κ2) is 6.35. The van der Waals surface area contributed by atoms with Gasteiger partial charge in [0, 0.05) is 6.61 Å². The summed E-state index contributed by atoms with van der Waals surface area (Å²) in [7, 11) is -3.16. The van der Waals surface area contributed by atoms with Crippen LogP contribution < -0.4 is 4.72 Å². The molecule has 1 aliphatic heterocycles. The Morgan fingerprint density at radius 3 is 2.74 bits per heavy atom. The van der Waals surface area contributed by atoms with E-state index < -0.39 is 10.0 Å². The Hall–Kier alpha value is -0.430. The Kier molecular flexibility index (Phi) is 5.00. The second-order valence-electron chi connectivity index (χ2n) is 5.49. The van der Waals surface area contributed by atoms with Gasteiger partial charge < -0.3 is 9.47 Å². The van der Waals surface area contributed by atoms with E-state index in [0.29, 0.717) is 26.2 Å². The largest absolute Gasteiger partial charge is 0.379 e. The van der Waals surface area contributed by atoms with Crippen LogP contribution in [0.2, 0.25) is 0 Å². The molecule has 2 rings (SSSR count). The monoisotopic (exact) mass is 289 g/mol. The molecule has 0 aromatic heterocycles. The zero-order valence-electron chi connectivity index (χ0n) is 11.6. The van der Waals surface area contributed by atoms with Gasteiger partial charge in [-0.15, -0.1) is 0 Å². The van der Waals surface area contributed by atoms with Crippen LogP contribution in [0.4, 0.5) is 0 Å². The van der Waals surface area contributed by atoms with Crippen molar-refractivity contribution in [2.75, 3.05) is 19.8 Å². The van der Waals surface area contributed by atoms with E-state index in [2.05, 4.69) is 4.72 Å². The zero-order chi connectivity index (χ0) is 13.9. The first-order valence-electron chi connectivity index (χ1n) is 6.83. The van der Waals surface area contributed by atoms with E-state index in [9.17, 15) is 8.42 Å². The molecule has 19 heavy (non-hydrogen) atoms. The van der Waals surface area contributed by atoms with Gasteiger partial charge in [-0.1, -0.05) is 11.6 Å². The Morgan fingerprint density at radius 1 is 1.37 bits per heavy atom. The summed E-state index contributed by atoms with van der Waals surface area (Å²) >= 11 is 0. The van der Waals surface area contributed by atoms with Gasteiger partial charge in [-0.3, -0.25) is 0 Å². The van der Waals surface area contributed by atoms with E-state index in [1.165, 1.54) is 5.57 Å². The maximum absolute atomic E-state index is 12.0. The fraction of sp³-hybridized carbons (Fsp3) is 0.846. The Balaban J connectivity index is 1.90. The average molecular weight is 289 g/mol. The van der Waals surface area contributed by atoms with Crippen LogP contribution in [0.1, 0.15) is 33.1 Å². The van der Waals surface area contributed by atoms with Crippen molar-refractivity contribution in [2.45, 2.75) is 50.5 Å². The third-order valence-electron chi connectivity index (χ3n) is 3.38. The van der Waals surface area contributed by atoms with Crippen LogP contribution in [0.3, 0.4) is 0 Å². The smallest absolute Gasteiger partial charge is 0.214 e. The van der Waals surface area contributed by atoms with E-state index in [1.54, 1.807) is 0 Å². The first-order valence-corrected chi connectivity index (χ1v) is 8.37. The molecule has 0 amide bonds. The van der Waals surface area contributed by atoms with Crippen LogP contribution in [0.5, 0.6) is 0 Å². The van der Waals surface area contributed by atoms with Gasteiger partial charge in [-0.2, -0.15) is 0 Å². The Bertz CT molecular complexity index is 424. The first-order chi connectivity index (χ1) is 8.99. The fourth-order valence-corrected chi connectivity index (χ4v) is 3.68. The molecule has 2 atom stereocenters. The Labute approximate surface area is 115 Å². The van der Waals surface area contributed by atoms with Crippen LogP contribution in [0, 0.1) is 0 Å². The maximum atomic E-state index is 12.0. The minimum Gasteiger partial charge on any atom is -0.379 e. The molecule has 1 heterocycles. The van der Waals surface area contributed by atoms with Gasteiger partial charge in [-0.05, 0) is 33.1 Å². The minimum atomic E-state index is -3.16. The average Bonchev–Trinajstić information content (AvgIpc) is 3.14. The van der Waals surface area contributed by atoms with Gasteiger partial charge in [0.05, 0.1) is 30.6 Å². The second-order valence-corrected chi connectivity index (χ2v) is 7.48. The highest BCUT2D eigenvalue weighted by molar-refractivity contribution is 7.90. The van der Waals surface area contributed by atoms with Crippen molar-refractivity contribution in [3.8, 4) is 0 Å². The van der Waals surface area contributed by atoms with Crippen LogP contribution in [0.15, 0.2) is 11.6 Å². The number of rotatable bonds is 6. The molecule has 1 saturated carbocycles. The zero-order valence-corrected chi connectivity index (χ0v) is 12.4. The van der Waals surface area contributed by atoms with Crippen LogP contribution in [-0.2, 0) is 19.5 Å². The summed E-state index contributed by atoms with van der Waals surface area (Å²) in [6, 6.07) is -0.162. The molecule has 2 fully saturated rings. The van der Waals surface area contributed by atoms with Gasteiger partial charge in [-0.25, -0.2) is 13.1 Å². The van der Waals surface area contributed by atoms with Crippen molar-refractivity contribution < 1.29 is 17.9 Å². The molecule has 6 heteroatoms. The maximum Gasteiger partial charge on any atom is 0.214 e. The lowest BCUT2D eigenvalue weighted by Crippen LogP contribution is -2.50. The van der Waals surface area contributed by atoms with E-state index in [4.69, 9.17) is 9.47 Å². The third kappa shape index (κ3) is 4.56. The summed E-state index contributed by atoms with van der Waals surface area (Å²) in [5, 5.41) is -0.186. The van der Waals surface area contributed by atoms with Crippen molar-refractivity contribution in [1.29, 1.82) is 0 Å². The predicted octanol–water partition coefficient (Wildman–Crippen LogP) is 1.21. The number of allylic oxidation sites excluding steroid dienone is 1. The van der Waals surface area contributed by atoms with E-state index in [-0.39, 0.29) is 17.4 Å². The number of nitrogens with one attached hydrogen (secondary N) is 1. The van der Waals surface area contributed by atoms with E-state index in [1.807, 2.05) is 19.9 Å². The summed E-state index contributed by atoms with van der Waals surface area (Å²) < 4.78 is 37.8. The molecule has 110 valence electrons. The molecule has 0 radical (unpaired) electrons. The third-order valence-corrected chi connectivity index (χ3v) is 5.37. The van der Waals surface area contributed by atoms with Crippen molar-refractivity contribution in [3.05, 3.63) is 11.6 Å². The molecule has 0 unspecified atom stereocenters. The first kappa shape index (κ1) is 15.0. The van der Waals surface area contributed by atoms with Gasteiger partial charge in [0.1, 0.15) is 0 Å². The molecule has 5 nitrogen and oxygen atoms in total. The van der Waals surface area contributed by atoms with Crippen molar-refractivity contribution >= 4 is 10.0 Å². The summed E-state index contributed by atoms with van der Waals surface area (Å²) in [6.45, 7) is 5.55. The molecule has 0 aromatic carbocycles. The summed E-state index contributed by atoms with van der Waals surface area (Å²) in [5.74, 6) is 0. The highest BCUT2D eigenvalue weighted by Gasteiger charge is 2.39. The normalized spacial score (nSPS) is 28.1. The molecule has 1 aliphatic carbocycles. The predicted molar refractivity (Wildman–Crippen MR) is 73.5 cm³/mol. The van der Waals surface area contributed by atoms with E-state index in [0.717, 1.165) is 12.8 Å². The molecule has 1 saturated heterocycles. The van der Waals surface area contributed by atoms with Crippen molar-refractivity contribution in [3.63, 3.8) is 0 Å². The highest BCUT2D eigenvalue weighted by atomic mass is 32.2. The van der Waals surface area contributed by atoms with E-state index >= 15 is 0 Å². The van der Waals surface area contributed by atoms with Crippen LogP contribution in [-0.4, -0.2) is 45.6 Å². The van der Waals surface area contributed by atoms with Gasteiger partial charge in [0.25, 0.3) is 0 Å². The summed E-state index contributed by atoms with van der Waals surface area (Å²) in [5.41, 5.74) is 1.19. The molecule has 2 aliphatic rings. The van der Waals surface area contributed by atoms with Crippen LogP contribution >= 0.6 is 0 Å². The van der Waals surface area contributed by atoms with Gasteiger partial charge >= 0.3 is 0 Å². The number of ether oxygens (including phenoxy) is 2. The molecule has 0 aromatic rings. The SMILES string of the molecule is CC(C)=CCO[C@@H]1COCC[C@H]1NS(=O)(=O)C1CC1. The quantitative estimate of drug-likeness (QED) is 0.747. The lowest BCUT2D eigenvalue weighted by atomic mass is 10.1. The lowest BCUT2D eigenvalue weighted by molar-refractivity contribution is -0.0561. The summed E-state index contributed by atoms with van der Waals surface area (Å²) in [4.78, 5) is 0. The molecule has 1 N–H and O–H groups in total. The molecule has 0 spiro atoms. The number of hydrogen-bond acceptors (Lipinski definition) is 4. The Morgan fingerprint density at radius 2 is 2.11 bits per heavy atom. The lowest BCUT2D eigenvalue weighted by Gasteiger charge is -2.31.